The molecule has 0 amide bonds. The van der Waals surface area contributed by atoms with E-state index in [-0.39, 0.29) is 5.82 Å². The van der Waals surface area contributed by atoms with E-state index in [9.17, 15) is 17.6 Å². The summed E-state index contributed by atoms with van der Waals surface area (Å²) in [6, 6.07) is 0. The van der Waals surface area contributed by atoms with Gasteiger partial charge in [-0.25, -0.2) is 9.18 Å². The highest BCUT2D eigenvalue weighted by molar-refractivity contribution is 7.85. The lowest BCUT2D eigenvalue weighted by Gasteiger charge is -1.89. The molecule has 4 N–H and O–H groups in total. The van der Waals surface area contributed by atoms with Crippen LogP contribution >= 0.6 is 0 Å². The fourth-order valence-electron chi connectivity index (χ4n) is 0.392. The maximum Gasteiger partial charge on any atom is 0.346 e. The lowest BCUT2D eigenvalue weighted by atomic mass is 10.6. The number of H-pyrrole nitrogens is 1. The molecule has 80 valence electrons. The van der Waals surface area contributed by atoms with Crippen molar-refractivity contribution in [2.45, 2.75) is 0 Å². The van der Waals surface area contributed by atoms with Crippen LogP contribution in [0.25, 0.3) is 0 Å². The molecule has 1 rings (SSSR count). The van der Waals surface area contributed by atoms with Crippen LogP contribution in [-0.2, 0) is 10.1 Å². The standard InChI is InChI=1S/C4H4FN3O.CH4O3S/c5-2-1-7-4(9)8-3(2)6;1-5(2,3)4/h1H,(H3,6,7,8,9);1H3,(H,2,3,4). The van der Waals surface area contributed by atoms with Crippen molar-refractivity contribution in [3.63, 3.8) is 0 Å². The Morgan fingerprint density at radius 2 is 2.07 bits per heavy atom. The number of aromatic nitrogens is 2. The average Bonchev–Trinajstić information content (AvgIpc) is 1.94. The Balaban J connectivity index is 0.000000292. The van der Waals surface area contributed by atoms with Gasteiger partial charge in [0.25, 0.3) is 10.1 Å². The Morgan fingerprint density at radius 1 is 1.64 bits per heavy atom. The second kappa shape index (κ2) is 4.67. The van der Waals surface area contributed by atoms with E-state index in [1.165, 1.54) is 0 Å². The predicted molar refractivity (Wildman–Crippen MR) is 46.7 cm³/mol. The van der Waals surface area contributed by atoms with Gasteiger partial charge in [-0.15, -0.1) is 0 Å². The molecule has 9 heteroatoms. The Labute approximate surface area is 78.5 Å². The van der Waals surface area contributed by atoms with Crippen molar-refractivity contribution in [1.29, 1.82) is 0 Å². The van der Waals surface area contributed by atoms with Crippen molar-refractivity contribution in [2.24, 2.45) is 0 Å². The van der Waals surface area contributed by atoms with Crippen molar-refractivity contribution in [3.05, 3.63) is 22.5 Å². The van der Waals surface area contributed by atoms with Gasteiger partial charge in [-0.3, -0.25) is 9.54 Å². The van der Waals surface area contributed by atoms with Crippen LogP contribution in [0, 0.1) is 5.82 Å². The molecule has 14 heavy (non-hydrogen) atoms. The highest BCUT2D eigenvalue weighted by Crippen LogP contribution is 1.96. The molecule has 0 bridgehead atoms. The molecule has 1 aromatic rings. The van der Waals surface area contributed by atoms with Crippen LogP contribution in [0.15, 0.2) is 11.0 Å². The minimum atomic E-state index is -3.67. The minimum Gasteiger partial charge on any atom is -0.383 e. The predicted octanol–water partition coefficient (Wildman–Crippen LogP) is -1.00. The molecule has 0 spiro atoms. The third-order valence-corrected chi connectivity index (χ3v) is 0.794. The largest absolute Gasteiger partial charge is 0.383 e. The number of rotatable bonds is 0. The van der Waals surface area contributed by atoms with Crippen LogP contribution in [0.5, 0.6) is 0 Å². The molecule has 1 heterocycles. The van der Waals surface area contributed by atoms with Crippen LogP contribution in [0.3, 0.4) is 0 Å². The molecule has 0 saturated heterocycles. The van der Waals surface area contributed by atoms with Gasteiger partial charge in [0.15, 0.2) is 5.82 Å². The fourth-order valence-corrected chi connectivity index (χ4v) is 0.392. The third-order valence-electron chi connectivity index (χ3n) is 0.794. The zero-order valence-electron chi connectivity index (χ0n) is 7.06. The van der Waals surface area contributed by atoms with E-state index >= 15 is 0 Å². The van der Waals surface area contributed by atoms with Gasteiger partial charge in [0.05, 0.1) is 12.5 Å². The molecule has 0 radical (unpaired) electrons. The van der Waals surface area contributed by atoms with E-state index in [1.807, 2.05) is 4.98 Å². The van der Waals surface area contributed by atoms with Gasteiger partial charge in [0.2, 0.25) is 0 Å². The molecule has 1 aromatic heterocycles. The van der Waals surface area contributed by atoms with Crippen molar-refractivity contribution in [2.75, 3.05) is 12.0 Å². The summed E-state index contributed by atoms with van der Waals surface area (Å²) < 4.78 is 38.0. The quantitative estimate of drug-likeness (QED) is 0.486. The second-order valence-electron chi connectivity index (χ2n) is 2.18. The van der Waals surface area contributed by atoms with E-state index in [1.54, 1.807) is 0 Å². The van der Waals surface area contributed by atoms with Crippen LogP contribution in [0.2, 0.25) is 0 Å². The fraction of sp³-hybridized carbons (Fsp3) is 0.200. The number of anilines is 1. The Kier molecular flexibility index (Phi) is 4.18. The number of aromatic amines is 1. The average molecular weight is 225 g/mol. The van der Waals surface area contributed by atoms with E-state index in [2.05, 4.69) is 4.98 Å². The van der Waals surface area contributed by atoms with Gasteiger partial charge in [0.1, 0.15) is 5.82 Å². The highest BCUT2D eigenvalue weighted by Gasteiger charge is 1.95. The van der Waals surface area contributed by atoms with Crippen LogP contribution in [0.4, 0.5) is 10.2 Å². The number of halogens is 1. The first-order valence-electron chi connectivity index (χ1n) is 3.13. The Hall–Kier alpha value is -1.48. The number of nitrogens with two attached hydrogens (primary N) is 1. The van der Waals surface area contributed by atoms with E-state index in [0.29, 0.717) is 6.26 Å². The molecular formula is C5H8FN3O4S. The Bertz CT molecular complexity index is 446. The topological polar surface area (TPSA) is 126 Å². The Morgan fingerprint density at radius 3 is 2.36 bits per heavy atom. The van der Waals surface area contributed by atoms with Crippen molar-refractivity contribution >= 4 is 15.9 Å². The smallest absolute Gasteiger partial charge is 0.346 e. The summed E-state index contributed by atoms with van der Waals surface area (Å²) in [6.07, 6.45) is 1.49. The molecule has 0 fully saturated rings. The van der Waals surface area contributed by atoms with Gasteiger partial charge in [-0.2, -0.15) is 13.4 Å². The second-order valence-corrected chi connectivity index (χ2v) is 3.65. The zero-order valence-corrected chi connectivity index (χ0v) is 7.88. The summed E-state index contributed by atoms with van der Waals surface area (Å²) in [7, 11) is -3.67. The minimum absolute atomic E-state index is 0.282. The zero-order chi connectivity index (χ0) is 11.4. The number of nitrogens with one attached hydrogen (secondary N) is 1. The molecule has 0 unspecified atom stereocenters. The maximum absolute atomic E-state index is 12.1. The monoisotopic (exact) mass is 225 g/mol. The van der Waals surface area contributed by atoms with Gasteiger partial charge in [0, 0.05) is 0 Å². The molecule has 0 aliphatic carbocycles. The number of nitrogen functional groups attached to an aromatic ring is 1. The normalized spacial score (nSPS) is 10.2. The van der Waals surface area contributed by atoms with E-state index in [0.717, 1.165) is 6.20 Å². The summed E-state index contributed by atoms with van der Waals surface area (Å²) in [5, 5.41) is 0. The maximum atomic E-state index is 12.1. The lowest BCUT2D eigenvalue weighted by molar-refractivity contribution is 0.490. The van der Waals surface area contributed by atoms with E-state index < -0.39 is 21.6 Å². The molecule has 0 aliphatic rings. The van der Waals surface area contributed by atoms with Crippen LogP contribution in [-0.4, -0.2) is 29.2 Å². The number of hydrogen-bond donors (Lipinski definition) is 3. The van der Waals surface area contributed by atoms with Crippen molar-refractivity contribution < 1.29 is 17.4 Å². The summed E-state index contributed by atoms with van der Waals surface area (Å²) in [5.41, 5.74) is 4.31. The molecule has 0 saturated carbocycles. The molecule has 0 aromatic carbocycles. The molecule has 0 atom stereocenters. The van der Waals surface area contributed by atoms with Crippen LogP contribution < -0.4 is 11.4 Å². The van der Waals surface area contributed by atoms with Gasteiger partial charge < -0.3 is 5.73 Å². The number of hydrogen-bond acceptors (Lipinski definition) is 5. The summed E-state index contributed by atoms with van der Waals surface area (Å²) in [6.45, 7) is 0. The van der Waals surface area contributed by atoms with Crippen molar-refractivity contribution in [3.8, 4) is 0 Å². The molecular weight excluding hydrogens is 217 g/mol. The SMILES string of the molecule is CS(=O)(=O)O.Nc1[nH]c(=O)ncc1F. The third kappa shape index (κ3) is 7.18. The first kappa shape index (κ1) is 12.5. The summed E-state index contributed by atoms with van der Waals surface area (Å²) in [4.78, 5) is 15.3. The first-order valence-corrected chi connectivity index (χ1v) is 4.97. The van der Waals surface area contributed by atoms with E-state index in [4.69, 9.17) is 10.3 Å². The summed E-state index contributed by atoms with van der Waals surface area (Å²) >= 11 is 0. The van der Waals surface area contributed by atoms with Gasteiger partial charge in [-0.1, -0.05) is 0 Å². The molecule has 7 nitrogen and oxygen atoms in total. The summed E-state index contributed by atoms with van der Waals surface area (Å²) in [5.74, 6) is -0.996. The van der Waals surface area contributed by atoms with Gasteiger partial charge in [-0.05, 0) is 0 Å². The van der Waals surface area contributed by atoms with Gasteiger partial charge >= 0.3 is 5.69 Å². The lowest BCUT2D eigenvalue weighted by Crippen LogP contribution is -2.12. The number of nitrogens with zero attached hydrogens (tertiary/aromatic N) is 1. The molecule has 0 aliphatic heterocycles. The highest BCUT2D eigenvalue weighted by atomic mass is 32.2. The van der Waals surface area contributed by atoms with Crippen LogP contribution in [0.1, 0.15) is 0 Å². The van der Waals surface area contributed by atoms with Crippen molar-refractivity contribution in [1.82, 2.24) is 9.97 Å². The first-order chi connectivity index (χ1) is 6.20.